The molecule has 0 unspecified atom stereocenters. The number of hydrogen-bond donors (Lipinski definition) is 0. The van der Waals surface area contributed by atoms with Crippen LogP contribution in [0, 0.1) is 20.8 Å². The molecule has 3 aromatic rings. The van der Waals surface area contributed by atoms with E-state index in [4.69, 9.17) is 0 Å². The first-order valence-electron chi connectivity index (χ1n) is 7.23. The molecule has 0 atom stereocenters. The minimum atomic E-state index is 1.32. The molecule has 0 saturated carbocycles. The molecular weight excluding hydrogens is 252 g/mol. The Kier molecular flexibility index (Phi) is 8.32. The Balaban J connectivity index is 0.000000159. The summed E-state index contributed by atoms with van der Waals surface area (Å²) in [6, 6.07) is 30.7. The van der Waals surface area contributed by atoms with Crippen molar-refractivity contribution in [3.8, 4) is 0 Å². The fourth-order valence-corrected chi connectivity index (χ4v) is 1.73. The maximum absolute atomic E-state index is 2.17. The molecule has 3 aromatic carbocycles. The summed E-state index contributed by atoms with van der Waals surface area (Å²) in [5.41, 5.74) is 4.00. The van der Waals surface area contributed by atoms with Crippen LogP contribution in [-0.4, -0.2) is 0 Å². The molecule has 0 aromatic heterocycles. The van der Waals surface area contributed by atoms with Gasteiger partial charge < -0.3 is 0 Å². The van der Waals surface area contributed by atoms with Gasteiger partial charge in [-0.15, -0.1) is 0 Å². The zero-order valence-corrected chi connectivity index (χ0v) is 13.2. The minimum Gasteiger partial charge on any atom is -0.0623 e. The fraction of sp³-hybridized carbons (Fsp3) is 0.143. The van der Waals surface area contributed by atoms with Crippen LogP contribution in [0.15, 0.2) is 91.0 Å². The molecule has 0 nitrogen and oxygen atoms in total. The Hall–Kier alpha value is -2.34. The van der Waals surface area contributed by atoms with Gasteiger partial charge in [0.2, 0.25) is 0 Å². The van der Waals surface area contributed by atoms with Crippen LogP contribution in [0.25, 0.3) is 0 Å². The lowest BCUT2D eigenvalue weighted by Gasteiger charge is -1.90. The van der Waals surface area contributed by atoms with Gasteiger partial charge in [-0.1, -0.05) is 108 Å². The molecule has 0 radical (unpaired) electrons. The molecule has 0 aliphatic rings. The molecule has 21 heavy (non-hydrogen) atoms. The number of hydrogen-bond acceptors (Lipinski definition) is 0. The monoisotopic (exact) mass is 276 g/mol. The van der Waals surface area contributed by atoms with Gasteiger partial charge in [0.1, 0.15) is 0 Å². The first-order chi connectivity index (χ1) is 10.2. The van der Waals surface area contributed by atoms with Gasteiger partial charge in [-0.3, -0.25) is 0 Å². The summed E-state index contributed by atoms with van der Waals surface area (Å²) in [4.78, 5) is 0. The summed E-state index contributed by atoms with van der Waals surface area (Å²) >= 11 is 0. The number of benzene rings is 3. The second-order valence-electron chi connectivity index (χ2n) is 4.97. The fourth-order valence-electron chi connectivity index (χ4n) is 1.73. The maximum Gasteiger partial charge on any atom is -0.0398 e. The normalized spacial score (nSPS) is 8.71. The van der Waals surface area contributed by atoms with Crippen molar-refractivity contribution in [3.63, 3.8) is 0 Å². The Morgan fingerprint density at radius 3 is 0.952 bits per heavy atom. The summed E-state index contributed by atoms with van der Waals surface area (Å²) in [7, 11) is 0. The summed E-state index contributed by atoms with van der Waals surface area (Å²) in [5.74, 6) is 0. The molecule has 0 N–H and O–H groups in total. The van der Waals surface area contributed by atoms with Crippen LogP contribution in [0.4, 0.5) is 0 Å². The van der Waals surface area contributed by atoms with E-state index in [1.807, 2.05) is 54.6 Å². The molecule has 0 saturated heterocycles. The lowest BCUT2D eigenvalue weighted by molar-refractivity contribution is 1.39. The predicted molar refractivity (Wildman–Crippen MR) is 93.5 cm³/mol. The van der Waals surface area contributed by atoms with Crippen molar-refractivity contribution in [2.75, 3.05) is 0 Å². The van der Waals surface area contributed by atoms with E-state index in [1.54, 1.807) is 0 Å². The Morgan fingerprint density at radius 1 is 0.381 bits per heavy atom. The van der Waals surface area contributed by atoms with Crippen molar-refractivity contribution in [3.05, 3.63) is 108 Å². The van der Waals surface area contributed by atoms with Crippen LogP contribution in [0.1, 0.15) is 16.7 Å². The van der Waals surface area contributed by atoms with Crippen molar-refractivity contribution in [2.45, 2.75) is 20.8 Å². The third-order valence-electron chi connectivity index (χ3n) is 2.78. The number of aryl methyl sites for hydroxylation is 3. The van der Waals surface area contributed by atoms with Crippen LogP contribution < -0.4 is 0 Å². The molecule has 108 valence electrons. The first kappa shape index (κ1) is 16.7. The minimum absolute atomic E-state index is 1.32. The molecule has 0 heteroatoms. The highest BCUT2D eigenvalue weighted by atomic mass is 13.9. The van der Waals surface area contributed by atoms with E-state index in [1.165, 1.54) is 16.7 Å². The van der Waals surface area contributed by atoms with E-state index in [0.29, 0.717) is 0 Å². The molecule has 0 fully saturated rings. The van der Waals surface area contributed by atoms with Gasteiger partial charge in [0, 0.05) is 0 Å². The van der Waals surface area contributed by atoms with E-state index in [2.05, 4.69) is 57.2 Å². The van der Waals surface area contributed by atoms with E-state index in [0.717, 1.165) is 0 Å². The highest BCUT2D eigenvalue weighted by molar-refractivity contribution is 5.20. The Morgan fingerprint density at radius 2 is 0.714 bits per heavy atom. The van der Waals surface area contributed by atoms with E-state index in [9.17, 15) is 0 Å². The van der Waals surface area contributed by atoms with Crippen molar-refractivity contribution < 1.29 is 0 Å². The highest BCUT2D eigenvalue weighted by Crippen LogP contribution is 2.00. The quantitative estimate of drug-likeness (QED) is 0.473. The van der Waals surface area contributed by atoms with Crippen LogP contribution in [0.5, 0.6) is 0 Å². The van der Waals surface area contributed by atoms with Gasteiger partial charge in [-0.05, 0) is 20.8 Å². The SMILES string of the molecule is Cc1cccc(C)c1.Cc1ccccc1.c1ccccc1. The molecule has 0 bridgehead atoms. The zero-order valence-electron chi connectivity index (χ0n) is 13.2. The van der Waals surface area contributed by atoms with Crippen molar-refractivity contribution in [1.82, 2.24) is 0 Å². The summed E-state index contributed by atoms with van der Waals surface area (Å²) in [6.45, 7) is 6.29. The molecule has 0 heterocycles. The second kappa shape index (κ2) is 10.4. The lowest BCUT2D eigenvalue weighted by Crippen LogP contribution is -1.71. The third-order valence-corrected chi connectivity index (χ3v) is 2.78. The molecule has 0 amide bonds. The van der Waals surface area contributed by atoms with Gasteiger partial charge in [0.25, 0.3) is 0 Å². The molecule has 3 rings (SSSR count). The Bertz CT molecular complexity index is 539. The van der Waals surface area contributed by atoms with Gasteiger partial charge in [0.15, 0.2) is 0 Å². The molecule has 0 spiro atoms. The summed E-state index contributed by atoms with van der Waals surface area (Å²) in [5, 5.41) is 0. The van der Waals surface area contributed by atoms with Gasteiger partial charge >= 0.3 is 0 Å². The maximum atomic E-state index is 2.17. The van der Waals surface area contributed by atoms with Gasteiger partial charge in [-0.2, -0.15) is 0 Å². The van der Waals surface area contributed by atoms with Crippen molar-refractivity contribution >= 4 is 0 Å². The van der Waals surface area contributed by atoms with Gasteiger partial charge in [0.05, 0.1) is 0 Å². The van der Waals surface area contributed by atoms with Gasteiger partial charge in [-0.25, -0.2) is 0 Å². The van der Waals surface area contributed by atoms with E-state index in [-0.39, 0.29) is 0 Å². The smallest absolute Gasteiger partial charge is 0.0398 e. The summed E-state index contributed by atoms with van der Waals surface area (Å²) < 4.78 is 0. The zero-order chi connectivity index (χ0) is 15.3. The predicted octanol–water partition coefficient (Wildman–Crippen LogP) is 5.99. The topological polar surface area (TPSA) is 0 Å². The number of rotatable bonds is 0. The van der Waals surface area contributed by atoms with Crippen molar-refractivity contribution in [2.24, 2.45) is 0 Å². The average molecular weight is 276 g/mol. The standard InChI is InChI=1S/C8H10.C7H8.C6H6/c1-7-4-3-5-8(2)6-7;1-7-5-3-2-4-6-7;1-2-4-6-5-3-1/h3-6H,1-2H3;2-6H,1H3;1-6H. The molecule has 0 aliphatic carbocycles. The van der Waals surface area contributed by atoms with Crippen molar-refractivity contribution in [1.29, 1.82) is 0 Å². The highest BCUT2D eigenvalue weighted by Gasteiger charge is 1.80. The Labute approximate surface area is 129 Å². The third kappa shape index (κ3) is 9.23. The first-order valence-corrected chi connectivity index (χ1v) is 7.23. The van der Waals surface area contributed by atoms with Crippen LogP contribution in [0.3, 0.4) is 0 Å². The molecular formula is C21H24. The largest absolute Gasteiger partial charge is 0.0623 e. The van der Waals surface area contributed by atoms with Crippen LogP contribution in [0.2, 0.25) is 0 Å². The molecule has 0 aliphatic heterocycles. The second-order valence-corrected chi connectivity index (χ2v) is 4.97. The van der Waals surface area contributed by atoms with E-state index < -0.39 is 0 Å². The average Bonchev–Trinajstić information content (AvgIpc) is 2.51. The lowest BCUT2D eigenvalue weighted by atomic mass is 10.2. The summed E-state index contributed by atoms with van der Waals surface area (Å²) in [6.07, 6.45) is 0. The van der Waals surface area contributed by atoms with Crippen LogP contribution >= 0.6 is 0 Å². The van der Waals surface area contributed by atoms with Crippen LogP contribution in [-0.2, 0) is 0 Å². The van der Waals surface area contributed by atoms with E-state index >= 15 is 0 Å².